The highest BCUT2D eigenvalue weighted by atomic mass is 19.1. The highest BCUT2D eigenvalue weighted by Crippen LogP contribution is 2.17. The minimum absolute atomic E-state index is 0.144. The van der Waals surface area contributed by atoms with Gasteiger partial charge in [-0.15, -0.1) is 0 Å². The molecule has 3 rings (SSSR count). The smallest absolute Gasteiger partial charge is 0.246 e. The van der Waals surface area contributed by atoms with Crippen LogP contribution in [0.3, 0.4) is 0 Å². The summed E-state index contributed by atoms with van der Waals surface area (Å²) in [6, 6.07) is 11.5. The van der Waals surface area contributed by atoms with Crippen LogP contribution >= 0.6 is 0 Å². The van der Waals surface area contributed by atoms with Crippen molar-refractivity contribution in [3.8, 4) is 0 Å². The molecule has 156 valence electrons. The number of piperazine rings is 1. The fourth-order valence-corrected chi connectivity index (χ4v) is 3.41. The molecule has 2 amide bonds. The molecule has 0 aromatic heterocycles. The average molecular weight is 410 g/mol. The number of halogens is 2. The van der Waals surface area contributed by atoms with E-state index in [-0.39, 0.29) is 35.5 Å². The summed E-state index contributed by atoms with van der Waals surface area (Å²) < 4.78 is 26.0. The predicted octanol–water partition coefficient (Wildman–Crippen LogP) is 4.14. The molecule has 1 aliphatic rings. The highest BCUT2D eigenvalue weighted by Gasteiger charge is 2.32. The van der Waals surface area contributed by atoms with Crippen LogP contribution in [0, 0.1) is 11.6 Å². The van der Waals surface area contributed by atoms with Gasteiger partial charge in [0.1, 0.15) is 11.6 Å². The topological polar surface area (TPSA) is 40.6 Å². The Morgan fingerprint density at radius 3 is 1.40 bits per heavy atom. The van der Waals surface area contributed by atoms with Crippen molar-refractivity contribution in [1.82, 2.24) is 9.80 Å². The van der Waals surface area contributed by atoms with Gasteiger partial charge in [0.2, 0.25) is 11.8 Å². The van der Waals surface area contributed by atoms with E-state index in [0.29, 0.717) is 13.1 Å². The molecule has 2 aromatic rings. The molecule has 0 unspecified atom stereocenters. The van der Waals surface area contributed by atoms with E-state index in [1.54, 1.807) is 46.2 Å². The van der Waals surface area contributed by atoms with Crippen molar-refractivity contribution in [2.45, 2.75) is 25.9 Å². The van der Waals surface area contributed by atoms with Gasteiger partial charge in [0, 0.05) is 37.3 Å². The quantitative estimate of drug-likeness (QED) is 0.711. The Labute approximate surface area is 175 Å². The molecule has 0 bridgehead atoms. The summed E-state index contributed by atoms with van der Waals surface area (Å²) in [5.41, 5.74) is 1.48. The van der Waals surface area contributed by atoms with E-state index in [1.165, 1.54) is 36.4 Å². The second kappa shape index (κ2) is 9.48. The van der Waals surface area contributed by atoms with Crippen LogP contribution in [0.4, 0.5) is 8.78 Å². The SMILES string of the molecule is C[C@@H]1CN(C(=O)/C=C\c2ccc(F)cc2)[C@H](C)CN1C(=O)/C=C\c1ccc(F)cc1. The molecule has 1 aliphatic heterocycles. The Bertz CT molecular complexity index is 873. The van der Waals surface area contributed by atoms with Crippen LogP contribution in [-0.4, -0.2) is 46.8 Å². The van der Waals surface area contributed by atoms with E-state index in [9.17, 15) is 18.4 Å². The fourth-order valence-electron chi connectivity index (χ4n) is 3.41. The number of hydrogen-bond donors (Lipinski definition) is 0. The third kappa shape index (κ3) is 5.41. The number of carbonyl (C=O) groups is 2. The number of hydrogen-bond acceptors (Lipinski definition) is 2. The lowest BCUT2D eigenvalue weighted by molar-refractivity contribution is -0.139. The Morgan fingerprint density at radius 1 is 0.733 bits per heavy atom. The number of carbonyl (C=O) groups excluding carboxylic acids is 2. The molecule has 2 aromatic carbocycles. The zero-order valence-corrected chi connectivity index (χ0v) is 17.0. The second-order valence-corrected chi connectivity index (χ2v) is 7.45. The third-order valence-electron chi connectivity index (χ3n) is 5.13. The first-order valence-corrected chi connectivity index (χ1v) is 9.82. The highest BCUT2D eigenvalue weighted by molar-refractivity contribution is 5.94. The van der Waals surface area contributed by atoms with E-state index < -0.39 is 0 Å². The van der Waals surface area contributed by atoms with Gasteiger partial charge in [0.15, 0.2) is 0 Å². The van der Waals surface area contributed by atoms with Crippen LogP contribution in [0.5, 0.6) is 0 Å². The molecular weight excluding hydrogens is 386 g/mol. The van der Waals surface area contributed by atoms with Gasteiger partial charge in [-0.3, -0.25) is 9.59 Å². The largest absolute Gasteiger partial charge is 0.333 e. The first kappa shape index (κ1) is 21.4. The Hall–Kier alpha value is -3.28. The lowest BCUT2D eigenvalue weighted by atomic mass is 10.1. The van der Waals surface area contributed by atoms with E-state index >= 15 is 0 Å². The lowest BCUT2D eigenvalue weighted by Crippen LogP contribution is -2.59. The summed E-state index contributed by atoms with van der Waals surface area (Å²) >= 11 is 0. The monoisotopic (exact) mass is 410 g/mol. The molecule has 4 nitrogen and oxygen atoms in total. The van der Waals surface area contributed by atoms with Crippen molar-refractivity contribution in [3.05, 3.63) is 83.4 Å². The summed E-state index contributed by atoms with van der Waals surface area (Å²) in [6.07, 6.45) is 6.26. The van der Waals surface area contributed by atoms with Gasteiger partial charge in [-0.2, -0.15) is 0 Å². The summed E-state index contributed by atoms with van der Waals surface area (Å²) in [5, 5.41) is 0. The maximum atomic E-state index is 13.0. The maximum Gasteiger partial charge on any atom is 0.246 e. The molecule has 1 saturated heterocycles. The van der Waals surface area contributed by atoms with E-state index in [4.69, 9.17) is 0 Å². The van der Waals surface area contributed by atoms with Crippen molar-refractivity contribution in [2.24, 2.45) is 0 Å². The Morgan fingerprint density at radius 2 is 1.07 bits per heavy atom. The molecule has 0 saturated carbocycles. The molecule has 30 heavy (non-hydrogen) atoms. The van der Waals surface area contributed by atoms with Gasteiger partial charge in [-0.05, 0) is 61.4 Å². The number of rotatable bonds is 4. The van der Waals surface area contributed by atoms with E-state index in [2.05, 4.69) is 0 Å². The van der Waals surface area contributed by atoms with Crippen LogP contribution in [0.15, 0.2) is 60.7 Å². The van der Waals surface area contributed by atoms with Crippen molar-refractivity contribution < 1.29 is 18.4 Å². The Balaban J connectivity index is 1.61. The van der Waals surface area contributed by atoms with Gasteiger partial charge in [-0.1, -0.05) is 24.3 Å². The first-order valence-electron chi connectivity index (χ1n) is 9.82. The van der Waals surface area contributed by atoms with Gasteiger partial charge >= 0.3 is 0 Å². The lowest BCUT2D eigenvalue weighted by Gasteiger charge is -2.43. The molecule has 0 spiro atoms. The fraction of sp³-hybridized carbons (Fsp3) is 0.250. The molecule has 0 aliphatic carbocycles. The normalized spacial score (nSPS) is 19.6. The van der Waals surface area contributed by atoms with Crippen LogP contribution in [0.1, 0.15) is 25.0 Å². The Kier molecular flexibility index (Phi) is 6.77. The van der Waals surface area contributed by atoms with Crippen molar-refractivity contribution in [1.29, 1.82) is 0 Å². The maximum absolute atomic E-state index is 13.0. The summed E-state index contributed by atoms with van der Waals surface area (Å²) in [6.45, 7) is 4.65. The van der Waals surface area contributed by atoms with Crippen molar-refractivity contribution >= 4 is 24.0 Å². The summed E-state index contributed by atoms with van der Waals surface area (Å²) in [5.74, 6) is -0.939. The molecular formula is C24H24F2N2O2. The van der Waals surface area contributed by atoms with Crippen molar-refractivity contribution in [2.75, 3.05) is 13.1 Å². The zero-order valence-electron chi connectivity index (χ0n) is 17.0. The minimum atomic E-state index is -0.324. The van der Waals surface area contributed by atoms with Gasteiger partial charge in [0.25, 0.3) is 0 Å². The standard InChI is InChI=1S/C24H24F2N2O2/c1-17-15-28(24(30)14-8-20-5-11-22(26)12-6-20)18(2)16-27(17)23(29)13-7-19-3-9-21(25)10-4-19/h3-14,17-18H,15-16H2,1-2H3/b13-7-,14-8-/t17-,18-/m1/s1. The van der Waals surface area contributed by atoms with E-state index in [0.717, 1.165) is 11.1 Å². The summed E-state index contributed by atoms with van der Waals surface area (Å²) in [7, 11) is 0. The van der Waals surface area contributed by atoms with E-state index in [1.807, 2.05) is 13.8 Å². The molecule has 0 radical (unpaired) electrons. The molecule has 1 fully saturated rings. The molecule has 1 heterocycles. The number of amides is 2. The predicted molar refractivity (Wildman–Crippen MR) is 113 cm³/mol. The molecule has 2 atom stereocenters. The van der Waals surface area contributed by atoms with Crippen LogP contribution in [0.2, 0.25) is 0 Å². The summed E-state index contributed by atoms with van der Waals surface area (Å²) in [4.78, 5) is 28.7. The average Bonchev–Trinajstić information content (AvgIpc) is 2.73. The third-order valence-corrected chi connectivity index (χ3v) is 5.13. The minimum Gasteiger partial charge on any atom is -0.333 e. The molecule has 6 heteroatoms. The van der Waals surface area contributed by atoms with Crippen LogP contribution < -0.4 is 0 Å². The van der Waals surface area contributed by atoms with Gasteiger partial charge in [-0.25, -0.2) is 8.78 Å². The zero-order chi connectivity index (χ0) is 21.7. The van der Waals surface area contributed by atoms with Gasteiger partial charge < -0.3 is 9.80 Å². The molecule has 0 N–H and O–H groups in total. The van der Waals surface area contributed by atoms with Crippen LogP contribution in [-0.2, 0) is 9.59 Å². The van der Waals surface area contributed by atoms with Crippen LogP contribution in [0.25, 0.3) is 12.2 Å². The number of nitrogens with zero attached hydrogens (tertiary/aromatic N) is 2. The van der Waals surface area contributed by atoms with Gasteiger partial charge in [0.05, 0.1) is 0 Å². The number of benzene rings is 2. The first-order chi connectivity index (χ1) is 14.3. The second-order valence-electron chi connectivity index (χ2n) is 7.45. The van der Waals surface area contributed by atoms with Crippen molar-refractivity contribution in [3.63, 3.8) is 0 Å².